The Hall–Kier alpha value is -4.16. The van der Waals surface area contributed by atoms with E-state index in [4.69, 9.17) is 18.6 Å². The largest absolute Gasteiger partial charge is 0.493 e. The molecule has 1 aliphatic rings. The van der Waals surface area contributed by atoms with Gasteiger partial charge in [-0.15, -0.1) is 0 Å². The van der Waals surface area contributed by atoms with Crippen LogP contribution in [0.1, 0.15) is 38.1 Å². The normalized spacial score (nSPS) is 15.0. The summed E-state index contributed by atoms with van der Waals surface area (Å²) < 4.78 is 24.4. The van der Waals surface area contributed by atoms with E-state index in [0.717, 1.165) is 0 Å². The average molecular weight is 579 g/mol. The number of rotatable bonds is 9. The van der Waals surface area contributed by atoms with Crippen LogP contribution in [0.3, 0.4) is 0 Å². The fourth-order valence-corrected chi connectivity index (χ4v) is 5.97. The Balaban J connectivity index is 1.61. The molecule has 0 saturated heterocycles. The number of thiazole rings is 1. The van der Waals surface area contributed by atoms with Gasteiger partial charge in [-0.3, -0.25) is 9.36 Å². The molecule has 4 heterocycles. The number of allylic oxidation sites excluding steroid dienone is 1. The summed E-state index contributed by atoms with van der Waals surface area (Å²) in [5.74, 6) is 1.01. The number of carbonyl (C=O) groups excluding carboxylic acids is 1. The highest BCUT2D eigenvalue weighted by atomic mass is 32.2. The summed E-state index contributed by atoms with van der Waals surface area (Å²) in [5, 5.41) is 1.14. The fraction of sp³-hybridized carbons (Fsp3) is 0.250. The molecule has 0 aliphatic carbocycles. The van der Waals surface area contributed by atoms with E-state index in [0.29, 0.717) is 54.7 Å². The molecule has 206 valence electrons. The van der Waals surface area contributed by atoms with E-state index in [2.05, 4.69) is 15.0 Å². The average Bonchev–Trinajstić information content (AvgIpc) is 3.51. The van der Waals surface area contributed by atoms with Crippen LogP contribution in [-0.4, -0.2) is 40.8 Å². The molecular weight excluding hydrogens is 552 g/mol. The van der Waals surface area contributed by atoms with Gasteiger partial charge in [0.25, 0.3) is 5.56 Å². The Kier molecular flexibility index (Phi) is 8.17. The first-order valence-electron chi connectivity index (χ1n) is 12.5. The van der Waals surface area contributed by atoms with Crippen molar-refractivity contribution in [3.05, 3.63) is 91.1 Å². The molecule has 0 radical (unpaired) electrons. The second-order valence-electron chi connectivity index (χ2n) is 8.44. The monoisotopic (exact) mass is 578 g/mol. The summed E-state index contributed by atoms with van der Waals surface area (Å²) >= 11 is 2.49. The van der Waals surface area contributed by atoms with E-state index >= 15 is 0 Å². The number of benzene rings is 1. The van der Waals surface area contributed by atoms with Gasteiger partial charge in [-0.05, 0) is 68.4 Å². The van der Waals surface area contributed by atoms with Gasteiger partial charge in [0.05, 0.1) is 42.2 Å². The minimum Gasteiger partial charge on any atom is -0.493 e. The first-order chi connectivity index (χ1) is 19.4. The molecule has 0 fully saturated rings. The van der Waals surface area contributed by atoms with Crippen molar-refractivity contribution in [1.82, 2.24) is 14.5 Å². The molecular formula is C28H26N4O6S2. The number of nitrogens with zero attached hydrogens (tertiary/aromatic N) is 4. The van der Waals surface area contributed by atoms with Crippen molar-refractivity contribution in [3.8, 4) is 11.5 Å². The van der Waals surface area contributed by atoms with Crippen LogP contribution in [0.15, 0.2) is 84.5 Å². The van der Waals surface area contributed by atoms with Crippen LogP contribution in [0.25, 0.3) is 6.08 Å². The maximum Gasteiger partial charge on any atom is 0.338 e. The van der Waals surface area contributed by atoms with Crippen molar-refractivity contribution in [1.29, 1.82) is 0 Å². The number of hydrogen-bond donors (Lipinski definition) is 0. The summed E-state index contributed by atoms with van der Waals surface area (Å²) in [6.07, 6.45) is 4.98. The third-order valence-electron chi connectivity index (χ3n) is 5.93. The standard InChI is InChI=1S/C28H26N4O6S2/c1-5-36-20-14-17(8-10-19(20)35-4)24-23(26(34)37-6-2)16(3)31-28-32(24)25(33)21(39-28)15-18-9-11-22(38-18)40-27-29-12-7-13-30-27/h7-15,24H,5-6H2,1-4H3/b21-15+/t24-/m1/s1. The Morgan fingerprint density at radius 1 is 1.15 bits per heavy atom. The van der Waals surface area contributed by atoms with Crippen molar-refractivity contribution in [3.63, 3.8) is 0 Å². The highest BCUT2D eigenvalue weighted by Gasteiger charge is 2.34. The first kappa shape index (κ1) is 27.4. The molecule has 0 N–H and O–H groups in total. The minimum absolute atomic E-state index is 0.187. The van der Waals surface area contributed by atoms with Gasteiger partial charge in [0.1, 0.15) is 5.76 Å². The molecule has 0 amide bonds. The predicted octanol–water partition coefficient (Wildman–Crippen LogP) is 3.74. The lowest BCUT2D eigenvalue weighted by Gasteiger charge is -2.25. The molecule has 0 spiro atoms. The molecule has 1 aromatic carbocycles. The molecule has 0 bridgehead atoms. The van der Waals surface area contributed by atoms with Crippen LogP contribution < -0.4 is 24.4 Å². The smallest absolute Gasteiger partial charge is 0.338 e. The van der Waals surface area contributed by atoms with E-state index in [9.17, 15) is 9.59 Å². The van der Waals surface area contributed by atoms with Crippen LogP contribution in [-0.2, 0) is 9.53 Å². The Bertz CT molecular complexity index is 1760. The van der Waals surface area contributed by atoms with Crippen molar-refractivity contribution in [2.75, 3.05) is 20.3 Å². The number of ether oxygens (including phenoxy) is 3. The van der Waals surface area contributed by atoms with Gasteiger partial charge in [0, 0.05) is 18.5 Å². The van der Waals surface area contributed by atoms with Crippen LogP contribution >= 0.6 is 23.1 Å². The van der Waals surface area contributed by atoms with E-state index in [1.165, 1.54) is 27.7 Å². The van der Waals surface area contributed by atoms with Crippen LogP contribution in [0.4, 0.5) is 0 Å². The summed E-state index contributed by atoms with van der Waals surface area (Å²) in [6.45, 7) is 5.95. The van der Waals surface area contributed by atoms with Gasteiger partial charge in [0.15, 0.2) is 26.5 Å². The third kappa shape index (κ3) is 5.45. The van der Waals surface area contributed by atoms with Gasteiger partial charge < -0.3 is 18.6 Å². The second-order valence-corrected chi connectivity index (χ2v) is 10.4. The minimum atomic E-state index is -0.777. The number of aromatic nitrogens is 3. The van der Waals surface area contributed by atoms with E-state index < -0.39 is 12.0 Å². The van der Waals surface area contributed by atoms with Gasteiger partial charge in [-0.2, -0.15) is 0 Å². The molecule has 3 aromatic heterocycles. The quantitative estimate of drug-likeness (QED) is 0.216. The highest BCUT2D eigenvalue weighted by Crippen LogP contribution is 2.36. The van der Waals surface area contributed by atoms with Crippen LogP contribution in [0.2, 0.25) is 0 Å². The third-order valence-corrected chi connectivity index (χ3v) is 7.73. The van der Waals surface area contributed by atoms with Gasteiger partial charge >= 0.3 is 5.97 Å². The van der Waals surface area contributed by atoms with Gasteiger partial charge in [-0.25, -0.2) is 19.8 Å². The van der Waals surface area contributed by atoms with Crippen molar-refractivity contribution in [2.24, 2.45) is 4.99 Å². The molecule has 0 saturated carbocycles. The molecule has 40 heavy (non-hydrogen) atoms. The number of carbonyl (C=O) groups is 1. The maximum absolute atomic E-state index is 13.9. The fourth-order valence-electron chi connectivity index (χ4n) is 4.26. The van der Waals surface area contributed by atoms with Crippen molar-refractivity contribution < 1.29 is 23.4 Å². The lowest BCUT2D eigenvalue weighted by atomic mass is 9.95. The topological polar surface area (TPSA) is 118 Å². The lowest BCUT2D eigenvalue weighted by Crippen LogP contribution is -2.39. The zero-order valence-corrected chi connectivity index (χ0v) is 23.9. The van der Waals surface area contributed by atoms with Crippen LogP contribution in [0, 0.1) is 0 Å². The molecule has 4 aromatic rings. The van der Waals surface area contributed by atoms with Crippen LogP contribution in [0.5, 0.6) is 11.5 Å². The predicted molar refractivity (Wildman–Crippen MR) is 149 cm³/mol. The molecule has 1 aliphatic heterocycles. The Morgan fingerprint density at radius 2 is 1.95 bits per heavy atom. The van der Waals surface area contributed by atoms with E-state index in [-0.39, 0.29) is 17.7 Å². The summed E-state index contributed by atoms with van der Waals surface area (Å²) in [7, 11) is 1.56. The summed E-state index contributed by atoms with van der Waals surface area (Å²) in [6, 6.07) is 9.87. The Morgan fingerprint density at radius 3 is 2.67 bits per heavy atom. The number of fused-ring (bicyclic) bond motifs is 1. The number of esters is 1. The molecule has 10 nitrogen and oxygen atoms in total. The van der Waals surface area contributed by atoms with E-state index in [1.807, 2.05) is 13.0 Å². The SMILES string of the molecule is CCOC(=O)C1=C(C)N=c2s/c(=C/c3ccc(Sc4ncccn4)o3)c(=O)n2[C@@H]1c1ccc(OC)c(OCC)c1. The summed E-state index contributed by atoms with van der Waals surface area (Å²) in [4.78, 5) is 40.5. The number of methoxy groups -OCH3 is 1. The van der Waals surface area contributed by atoms with E-state index in [1.54, 1.807) is 69.8 Å². The maximum atomic E-state index is 13.9. The molecule has 5 rings (SSSR count). The number of hydrogen-bond acceptors (Lipinski definition) is 11. The molecule has 12 heteroatoms. The van der Waals surface area contributed by atoms with Gasteiger partial charge in [0.2, 0.25) is 0 Å². The molecule has 1 atom stereocenters. The summed E-state index contributed by atoms with van der Waals surface area (Å²) in [5.41, 5.74) is 1.11. The first-order valence-corrected chi connectivity index (χ1v) is 14.1. The number of furan rings is 1. The molecule has 0 unspecified atom stereocenters. The van der Waals surface area contributed by atoms with Crippen molar-refractivity contribution in [2.45, 2.75) is 37.1 Å². The Labute approximate surface area is 237 Å². The second kappa shape index (κ2) is 11.9. The zero-order valence-electron chi connectivity index (χ0n) is 22.2. The lowest BCUT2D eigenvalue weighted by molar-refractivity contribution is -0.139. The zero-order chi connectivity index (χ0) is 28.2. The van der Waals surface area contributed by atoms with Crippen molar-refractivity contribution >= 4 is 35.1 Å². The van der Waals surface area contributed by atoms with Gasteiger partial charge in [-0.1, -0.05) is 17.4 Å². The highest BCUT2D eigenvalue weighted by molar-refractivity contribution is 7.99.